The van der Waals surface area contributed by atoms with Crippen LogP contribution in [-0.4, -0.2) is 51.8 Å². The van der Waals surface area contributed by atoms with Gasteiger partial charge >= 0.3 is 6.03 Å². The molecule has 1 aliphatic rings. The van der Waals surface area contributed by atoms with E-state index in [0.717, 1.165) is 66.5 Å². The van der Waals surface area contributed by atoms with Crippen molar-refractivity contribution in [3.63, 3.8) is 0 Å². The number of nitrogens with one attached hydrogen (secondary N) is 3. The highest BCUT2D eigenvalue weighted by Gasteiger charge is 2.23. The minimum atomic E-state index is -0.355. The van der Waals surface area contributed by atoms with Gasteiger partial charge in [0.15, 0.2) is 0 Å². The van der Waals surface area contributed by atoms with Gasteiger partial charge in [-0.25, -0.2) is 4.79 Å². The molecule has 8 heteroatoms. The number of ether oxygens (including phenoxy) is 1. The van der Waals surface area contributed by atoms with Gasteiger partial charge in [0.1, 0.15) is 5.75 Å². The zero-order chi connectivity index (χ0) is 27.1. The zero-order valence-electron chi connectivity index (χ0n) is 22.6. The molecule has 0 aromatic heterocycles. The third-order valence-electron chi connectivity index (χ3n) is 6.85. The first-order valence-electron chi connectivity index (χ1n) is 13.1. The van der Waals surface area contributed by atoms with E-state index in [-0.39, 0.29) is 11.9 Å². The number of carbonyl (C=O) groups excluding carboxylic acids is 2. The fourth-order valence-electron chi connectivity index (χ4n) is 4.60. The molecule has 38 heavy (non-hydrogen) atoms. The summed E-state index contributed by atoms with van der Waals surface area (Å²) in [4.78, 5) is 30.4. The van der Waals surface area contributed by atoms with Crippen molar-refractivity contribution >= 4 is 34.7 Å². The number of aryl methyl sites for hydroxylation is 2. The third-order valence-corrected chi connectivity index (χ3v) is 6.85. The molecule has 0 bridgehead atoms. The number of carbonyl (C=O) groups is 2. The molecule has 3 N–H and O–H groups in total. The van der Waals surface area contributed by atoms with E-state index in [0.29, 0.717) is 17.8 Å². The quantitative estimate of drug-likeness (QED) is 0.373. The van der Waals surface area contributed by atoms with Crippen LogP contribution in [0.5, 0.6) is 5.75 Å². The van der Waals surface area contributed by atoms with Crippen molar-refractivity contribution in [1.82, 2.24) is 5.32 Å². The van der Waals surface area contributed by atoms with Gasteiger partial charge in [0, 0.05) is 49.8 Å². The van der Waals surface area contributed by atoms with E-state index in [4.69, 9.17) is 4.74 Å². The van der Waals surface area contributed by atoms with E-state index in [2.05, 4.69) is 31.8 Å². The summed E-state index contributed by atoms with van der Waals surface area (Å²) in [6, 6.07) is 19.0. The van der Waals surface area contributed by atoms with Crippen molar-refractivity contribution in [2.75, 3.05) is 60.3 Å². The van der Waals surface area contributed by atoms with E-state index < -0.39 is 0 Å². The van der Waals surface area contributed by atoms with Gasteiger partial charge in [-0.2, -0.15) is 0 Å². The van der Waals surface area contributed by atoms with Crippen molar-refractivity contribution in [3.8, 4) is 5.75 Å². The second-order valence-corrected chi connectivity index (χ2v) is 9.51. The van der Waals surface area contributed by atoms with Crippen molar-refractivity contribution in [2.45, 2.75) is 27.2 Å². The van der Waals surface area contributed by atoms with Gasteiger partial charge in [-0.15, -0.1) is 0 Å². The molecule has 0 spiro atoms. The van der Waals surface area contributed by atoms with E-state index in [1.807, 2.05) is 69.3 Å². The van der Waals surface area contributed by atoms with E-state index >= 15 is 0 Å². The number of hydrogen-bond donors (Lipinski definition) is 3. The molecule has 0 saturated carbocycles. The zero-order valence-corrected chi connectivity index (χ0v) is 22.6. The lowest BCUT2D eigenvalue weighted by atomic mass is 10.1. The Kier molecular flexibility index (Phi) is 8.73. The predicted molar refractivity (Wildman–Crippen MR) is 155 cm³/mol. The summed E-state index contributed by atoms with van der Waals surface area (Å²) in [6.45, 7) is 9.76. The average Bonchev–Trinajstić information content (AvgIpc) is 2.93. The molecule has 1 fully saturated rings. The number of anilines is 4. The van der Waals surface area contributed by atoms with Crippen molar-refractivity contribution in [3.05, 3.63) is 77.4 Å². The lowest BCUT2D eigenvalue weighted by Crippen LogP contribution is -2.47. The number of nitrogens with zero attached hydrogens (tertiary/aromatic N) is 2. The number of hydrogen-bond acceptors (Lipinski definition) is 5. The van der Waals surface area contributed by atoms with Crippen LogP contribution in [0, 0.1) is 13.8 Å². The van der Waals surface area contributed by atoms with Crippen molar-refractivity contribution in [1.29, 1.82) is 0 Å². The van der Waals surface area contributed by atoms with E-state index in [9.17, 15) is 9.59 Å². The lowest BCUT2D eigenvalue weighted by Gasteiger charge is -2.38. The largest absolute Gasteiger partial charge is 0.495 e. The van der Waals surface area contributed by atoms with E-state index in [1.165, 1.54) is 0 Å². The Balaban J connectivity index is 1.49. The number of piperazine rings is 1. The Hall–Kier alpha value is -4.20. The van der Waals surface area contributed by atoms with Crippen LogP contribution in [-0.2, 0) is 0 Å². The maximum absolute atomic E-state index is 13.1. The van der Waals surface area contributed by atoms with Gasteiger partial charge in [0.05, 0.1) is 18.4 Å². The highest BCUT2D eigenvalue weighted by atomic mass is 16.5. The molecule has 0 unspecified atom stereocenters. The summed E-state index contributed by atoms with van der Waals surface area (Å²) in [5.41, 5.74) is 6.03. The first-order chi connectivity index (χ1) is 18.4. The molecule has 1 aliphatic heterocycles. The van der Waals surface area contributed by atoms with Crippen LogP contribution in [0.4, 0.5) is 27.5 Å². The Morgan fingerprint density at radius 2 is 1.45 bits per heavy atom. The molecule has 200 valence electrons. The van der Waals surface area contributed by atoms with Gasteiger partial charge < -0.3 is 30.5 Å². The van der Waals surface area contributed by atoms with Crippen LogP contribution in [0.2, 0.25) is 0 Å². The lowest BCUT2D eigenvalue weighted by molar-refractivity contribution is 0.0954. The second kappa shape index (κ2) is 12.4. The first kappa shape index (κ1) is 26.9. The van der Waals surface area contributed by atoms with Gasteiger partial charge in [0.2, 0.25) is 0 Å². The standard InChI is InChI=1S/C30H37N5O3/c1-5-14-31-29(36)25-20-24(33-30(37)32-23-11-10-21(2)22(3)19-23)12-13-26(25)34-15-17-35(18-16-34)27-8-6-7-9-28(27)38-4/h6-13,19-20H,5,14-18H2,1-4H3,(H,31,36)(H2,32,33,37). The van der Waals surface area contributed by atoms with Gasteiger partial charge in [-0.05, 0) is 73.9 Å². The van der Waals surface area contributed by atoms with Crippen molar-refractivity contribution < 1.29 is 14.3 Å². The summed E-state index contributed by atoms with van der Waals surface area (Å²) >= 11 is 0. The topological polar surface area (TPSA) is 85.9 Å². The monoisotopic (exact) mass is 515 g/mol. The molecule has 3 aromatic carbocycles. The molecule has 0 atom stereocenters. The summed E-state index contributed by atoms with van der Waals surface area (Å²) < 4.78 is 5.54. The second-order valence-electron chi connectivity index (χ2n) is 9.51. The maximum Gasteiger partial charge on any atom is 0.323 e. The highest BCUT2D eigenvalue weighted by molar-refractivity contribution is 6.04. The first-order valence-corrected chi connectivity index (χ1v) is 13.1. The molecule has 4 rings (SSSR count). The maximum atomic E-state index is 13.1. The van der Waals surface area contributed by atoms with Crippen LogP contribution in [0.15, 0.2) is 60.7 Å². The molecule has 3 aromatic rings. The minimum Gasteiger partial charge on any atom is -0.495 e. The third kappa shape index (κ3) is 6.37. The Morgan fingerprint density at radius 3 is 2.11 bits per heavy atom. The fraction of sp³-hybridized carbons (Fsp3) is 0.333. The predicted octanol–water partition coefficient (Wildman–Crippen LogP) is 5.42. The summed E-state index contributed by atoms with van der Waals surface area (Å²) in [7, 11) is 1.69. The van der Waals surface area contributed by atoms with Crippen LogP contribution in [0.25, 0.3) is 0 Å². The van der Waals surface area contributed by atoms with E-state index in [1.54, 1.807) is 13.2 Å². The fourth-order valence-corrected chi connectivity index (χ4v) is 4.60. The van der Waals surface area contributed by atoms with Crippen LogP contribution < -0.4 is 30.5 Å². The van der Waals surface area contributed by atoms with Gasteiger partial charge in [0.25, 0.3) is 5.91 Å². The Labute approximate surface area is 225 Å². The number of methoxy groups -OCH3 is 1. The molecule has 0 radical (unpaired) electrons. The molecule has 8 nitrogen and oxygen atoms in total. The summed E-state index contributed by atoms with van der Waals surface area (Å²) in [6.07, 6.45) is 0.842. The molecule has 0 aliphatic carbocycles. The van der Waals surface area contributed by atoms with Crippen LogP contribution >= 0.6 is 0 Å². The molecule has 1 heterocycles. The number of benzene rings is 3. The number of urea groups is 1. The summed E-state index contributed by atoms with van der Waals surface area (Å²) in [5, 5.41) is 8.74. The van der Waals surface area contributed by atoms with Gasteiger partial charge in [-0.3, -0.25) is 4.79 Å². The molecule has 1 saturated heterocycles. The van der Waals surface area contributed by atoms with Gasteiger partial charge in [-0.1, -0.05) is 25.1 Å². The van der Waals surface area contributed by atoms with Crippen molar-refractivity contribution in [2.24, 2.45) is 0 Å². The Morgan fingerprint density at radius 1 is 0.816 bits per heavy atom. The molecular formula is C30H37N5O3. The number of rotatable bonds is 8. The van der Waals surface area contributed by atoms with Crippen LogP contribution in [0.3, 0.4) is 0 Å². The average molecular weight is 516 g/mol. The smallest absolute Gasteiger partial charge is 0.323 e. The van der Waals surface area contributed by atoms with Crippen LogP contribution in [0.1, 0.15) is 34.8 Å². The normalized spacial score (nSPS) is 13.2. The SMILES string of the molecule is CCCNC(=O)c1cc(NC(=O)Nc2ccc(C)c(C)c2)ccc1N1CCN(c2ccccc2OC)CC1. The number of para-hydroxylation sites is 2. The minimum absolute atomic E-state index is 0.146. The highest BCUT2D eigenvalue weighted by Crippen LogP contribution is 2.31. The Bertz CT molecular complexity index is 1280. The molecule has 3 amide bonds. The molecular weight excluding hydrogens is 478 g/mol. The number of amides is 3. The summed E-state index contributed by atoms with van der Waals surface area (Å²) in [5.74, 6) is 0.710.